The van der Waals surface area contributed by atoms with E-state index in [4.69, 9.17) is 9.52 Å². The first-order chi connectivity index (χ1) is 12.1. The van der Waals surface area contributed by atoms with Gasteiger partial charge in [0, 0.05) is 25.1 Å². The van der Waals surface area contributed by atoms with E-state index in [0.717, 1.165) is 42.4 Å². The summed E-state index contributed by atoms with van der Waals surface area (Å²) in [6.45, 7) is 12.7. The molecule has 0 bridgehead atoms. The minimum absolute atomic E-state index is 0.659. The fourth-order valence-electron chi connectivity index (χ4n) is 2.84. The molecule has 0 saturated heterocycles. The zero-order valence-corrected chi connectivity index (χ0v) is 16.1. The number of aliphatic imine (C=N–C) groups is 1. The number of nitrogens with zero attached hydrogens (tertiary/aromatic N) is 2. The fourth-order valence-corrected chi connectivity index (χ4v) is 2.84. The molecule has 25 heavy (non-hydrogen) atoms. The number of guanidine groups is 1. The minimum atomic E-state index is 0.659. The lowest BCUT2D eigenvalue weighted by Gasteiger charge is -2.12. The van der Waals surface area contributed by atoms with E-state index < -0.39 is 0 Å². The Bertz CT molecular complexity index is 697. The first kappa shape index (κ1) is 19.0. The molecule has 0 aliphatic carbocycles. The summed E-state index contributed by atoms with van der Waals surface area (Å²) in [6, 6.07) is 6.49. The number of benzene rings is 1. The topological polar surface area (TPSA) is 62.5 Å². The van der Waals surface area contributed by atoms with Crippen molar-refractivity contribution in [2.45, 2.75) is 60.5 Å². The Balaban J connectivity index is 2.09. The van der Waals surface area contributed by atoms with E-state index in [9.17, 15) is 0 Å². The number of hydrogen-bond acceptors (Lipinski definition) is 3. The van der Waals surface area contributed by atoms with Gasteiger partial charge in [0.2, 0.25) is 0 Å². The molecule has 0 saturated carbocycles. The summed E-state index contributed by atoms with van der Waals surface area (Å²) in [5.41, 5.74) is 5.98. The van der Waals surface area contributed by atoms with Crippen molar-refractivity contribution < 1.29 is 4.52 Å². The molecule has 1 aromatic carbocycles. The zero-order chi connectivity index (χ0) is 18.2. The molecule has 5 nitrogen and oxygen atoms in total. The Morgan fingerprint density at radius 3 is 2.56 bits per heavy atom. The Labute approximate surface area is 150 Å². The van der Waals surface area contributed by atoms with Crippen molar-refractivity contribution in [1.29, 1.82) is 0 Å². The van der Waals surface area contributed by atoms with Crippen LogP contribution in [0.1, 0.15) is 54.5 Å². The van der Waals surface area contributed by atoms with Crippen molar-refractivity contribution in [3.05, 3.63) is 51.9 Å². The quantitative estimate of drug-likeness (QED) is 0.595. The summed E-state index contributed by atoms with van der Waals surface area (Å²) in [7, 11) is 0. The highest BCUT2D eigenvalue weighted by atomic mass is 16.5. The first-order valence-corrected chi connectivity index (χ1v) is 9.13. The SMILES string of the molecule is CCNC(=NCc1ccc(C)cc1C)NCc1c(CC)noc1CC. The monoisotopic (exact) mass is 342 g/mol. The molecule has 136 valence electrons. The number of rotatable bonds is 7. The molecular weight excluding hydrogens is 312 g/mol. The molecule has 0 fully saturated rings. The molecule has 0 aliphatic heterocycles. The van der Waals surface area contributed by atoms with E-state index in [2.05, 4.69) is 68.6 Å². The summed E-state index contributed by atoms with van der Waals surface area (Å²) in [6.07, 6.45) is 1.72. The maximum Gasteiger partial charge on any atom is 0.191 e. The predicted octanol–water partition coefficient (Wildman–Crippen LogP) is 3.67. The Morgan fingerprint density at radius 2 is 1.92 bits per heavy atom. The van der Waals surface area contributed by atoms with Gasteiger partial charge in [-0.1, -0.05) is 42.8 Å². The van der Waals surface area contributed by atoms with Crippen molar-refractivity contribution in [3.8, 4) is 0 Å². The van der Waals surface area contributed by atoms with Crippen LogP contribution in [0.3, 0.4) is 0 Å². The lowest BCUT2D eigenvalue weighted by Crippen LogP contribution is -2.37. The molecule has 0 radical (unpaired) electrons. The van der Waals surface area contributed by atoms with Crippen LogP contribution in [0.2, 0.25) is 0 Å². The molecule has 2 N–H and O–H groups in total. The third-order valence-corrected chi connectivity index (χ3v) is 4.29. The largest absolute Gasteiger partial charge is 0.361 e. The van der Waals surface area contributed by atoms with E-state index in [0.29, 0.717) is 13.1 Å². The van der Waals surface area contributed by atoms with E-state index in [-0.39, 0.29) is 0 Å². The van der Waals surface area contributed by atoms with E-state index >= 15 is 0 Å². The molecule has 0 atom stereocenters. The second-order valence-electron chi connectivity index (χ2n) is 6.22. The van der Waals surface area contributed by atoms with Gasteiger partial charge in [-0.05, 0) is 38.3 Å². The van der Waals surface area contributed by atoms with Crippen molar-refractivity contribution in [1.82, 2.24) is 15.8 Å². The molecule has 0 aliphatic rings. The van der Waals surface area contributed by atoms with Gasteiger partial charge in [-0.3, -0.25) is 0 Å². The average molecular weight is 342 g/mol. The third kappa shape index (κ3) is 5.08. The number of aromatic nitrogens is 1. The highest BCUT2D eigenvalue weighted by molar-refractivity contribution is 5.79. The van der Waals surface area contributed by atoms with Crippen LogP contribution in [0.15, 0.2) is 27.7 Å². The van der Waals surface area contributed by atoms with Crippen LogP contribution in [0.4, 0.5) is 0 Å². The minimum Gasteiger partial charge on any atom is -0.361 e. The van der Waals surface area contributed by atoms with Crippen LogP contribution in [-0.2, 0) is 25.9 Å². The smallest absolute Gasteiger partial charge is 0.191 e. The molecule has 2 rings (SSSR count). The molecule has 1 heterocycles. The second kappa shape index (κ2) is 9.25. The van der Waals surface area contributed by atoms with Gasteiger partial charge in [0.15, 0.2) is 5.96 Å². The maximum atomic E-state index is 5.43. The van der Waals surface area contributed by atoms with Crippen molar-refractivity contribution in [3.63, 3.8) is 0 Å². The van der Waals surface area contributed by atoms with Gasteiger partial charge < -0.3 is 15.2 Å². The van der Waals surface area contributed by atoms with Gasteiger partial charge in [0.1, 0.15) is 5.76 Å². The summed E-state index contributed by atoms with van der Waals surface area (Å²) < 4.78 is 5.43. The standard InChI is InChI=1S/C20H30N4O/c1-6-18-17(19(7-2)25-24-18)13-23-20(21-8-3)22-12-16-10-9-14(4)11-15(16)5/h9-11H,6-8,12-13H2,1-5H3,(H2,21,22,23). The summed E-state index contributed by atoms with van der Waals surface area (Å²) >= 11 is 0. The van der Waals surface area contributed by atoms with Crippen molar-refractivity contribution >= 4 is 5.96 Å². The molecule has 1 aromatic heterocycles. The van der Waals surface area contributed by atoms with Crippen LogP contribution < -0.4 is 10.6 Å². The second-order valence-corrected chi connectivity index (χ2v) is 6.22. The fraction of sp³-hybridized carbons (Fsp3) is 0.500. The summed E-state index contributed by atoms with van der Waals surface area (Å²) in [4.78, 5) is 4.73. The third-order valence-electron chi connectivity index (χ3n) is 4.29. The van der Waals surface area contributed by atoms with Crippen LogP contribution in [0.25, 0.3) is 0 Å². The lowest BCUT2D eigenvalue weighted by atomic mass is 10.1. The van der Waals surface area contributed by atoms with Gasteiger partial charge >= 0.3 is 0 Å². The van der Waals surface area contributed by atoms with E-state index in [1.807, 2.05) is 0 Å². The van der Waals surface area contributed by atoms with Crippen LogP contribution in [0.5, 0.6) is 0 Å². The number of nitrogens with one attached hydrogen (secondary N) is 2. The highest BCUT2D eigenvalue weighted by Gasteiger charge is 2.13. The van der Waals surface area contributed by atoms with Gasteiger partial charge in [0.25, 0.3) is 0 Å². The molecule has 0 unspecified atom stereocenters. The zero-order valence-electron chi connectivity index (χ0n) is 16.1. The normalized spacial score (nSPS) is 11.6. The van der Waals surface area contributed by atoms with Crippen molar-refractivity contribution in [2.75, 3.05) is 6.54 Å². The van der Waals surface area contributed by atoms with E-state index in [1.54, 1.807) is 0 Å². The highest BCUT2D eigenvalue weighted by Crippen LogP contribution is 2.15. The molecule has 2 aromatic rings. The molecular formula is C20H30N4O. The lowest BCUT2D eigenvalue weighted by molar-refractivity contribution is 0.380. The summed E-state index contributed by atoms with van der Waals surface area (Å²) in [5.74, 6) is 1.77. The number of hydrogen-bond donors (Lipinski definition) is 2. The maximum absolute atomic E-state index is 5.43. The predicted molar refractivity (Wildman–Crippen MR) is 103 cm³/mol. The Morgan fingerprint density at radius 1 is 1.12 bits per heavy atom. The Kier molecular flexibility index (Phi) is 7.04. The van der Waals surface area contributed by atoms with Crippen LogP contribution >= 0.6 is 0 Å². The van der Waals surface area contributed by atoms with Gasteiger partial charge in [-0.15, -0.1) is 0 Å². The van der Waals surface area contributed by atoms with Gasteiger partial charge in [-0.25, -0.2) is 4.99 Å². The summed E-state index contributed by atoms with van der Waals surface area (Å²) in [5, 5.41) is 10.9. The molecule has 0 amide bonds. The average Bonchev–Trinajstić information content (AvgIpc) is 3.00. The Hall–Kier alpha value is -2.30. The molecule has 0 spiro atoms. The van der Waals surface area contributed by atoms with Crippen LogP contribution in [-0.4, -0.2) is 17.7 Å². The first-order valence-electron chi connectivity index (χ1n) is 9.13. The number of aryl methyl sites for hydroxylation is 4. The van der Waals surface area contributed by atoms with Gasteiger partial charge in [-0.2, -0.15) is 0 Å². The van der Waals surface area contributed by atoms with Crippen LogP contribution in [0, 0.1) is 13.8 Å². The van der Waals surface area contributed by atoms with Crippen molar-refractivity contribution in [2.24, 2.45) is 4.99 Å². The molecule has 5 heteroatoms. The van der Waals surface area contributed by atoms with Gasteiger partial charge in [0.05, 0.1) is 12.2 Å². The van der Waals surface area contributed by atoms with E-state index in [1.165, 1.54) is 16.7 Å².